The van der Waals surface area contributed by atoms with Gasteiger partial charge in [-0.15, -0.1) is 23.2 Å². The van der Waals surface area contributed by atoms with E-state index in [1.165, 1.54) is 7.11 Å². The summed E-state index contributed by atoms with van der Waals surface area (Å²) in [6, 6.07) is 3.14. The molecule has 2 aliphatic heterocycles. The summed E-state index contributed by atoms with van der Waals surface area (Å²) in [5, 5.41) is 13.5. The molecule has 2 saturated heterocycles. The number of alkyl halides is 3. The van der Waals surface area contributed by atoms with E-state index in [2.05, 4.69) is 37.2 Å². The highest BCUT2D eigenvalue weighted by Crippen LogP contribution is 2.66. The number of ether oxygens (including phenoxy) is 1. The van der Waals surface area contributed by atoms with Crippen LogP contribution in [0.25, 0.3) is 0 Å². The van der Waals surface area contributed by atoms with Gasteiger partial charge in [0.1, 0.15) is 0 Å². The lowest BCUT2D eigenvalue weighted by molar-refractivity contribution is -0.138. The van der Waals surface area contributed by atoms with Crippen molar-refractivity contribution in [1.82, 2.24) is 10.2 Å². The Morgan fingerprint density at radius 1 is 1.18 bits per heavy atom. The molecule has 6 unspecified atom stereocenters. The second-order valence-electron chi connectivity index (χ2n) is 8.89. The molecule has 0 radical (unpaired) electrons. The molecule has 6 atom stereocenters. The molecule has 0 aromatic heterocycles. The summed E-state index contributed by atoms with van der Waals surface area (Å²) in [6.45, 7) is 0. The van der Waals surface area contributed by atoms with Crippen LogP contribution in [-0.2, 0) is 19.2 Å². The van der Waals surface area contributed by atoms with Crippen LogP contribution in [0.2, 0.25) is 0 Å². The summed E-state index contributed by atoms with van der Waals surface area (Å²) < 4.78 is 5.84. The van der Waals surface area contributed by atoms with Gasteiger partial charge < -0.3 is 9.84 Å². The molecule has 0 bridgehead atoms. The second kappa shape index (κ2) is 7.94. The Labute approximate surface area is 221 Å². The van der Waals surface area contributed by atoms with Gasteiger partial charge in [0, 0.05) is 16.0 Å². The third kappa shape index (κ3) is 2.88. The lowest BCUT2D eigenvalue weighted by atomic mass is 9.56. The number of imide groups is 2. The van der Waals surface area contributed by atoms with Crippen molar-refractivity contribution in [2.24, 2.45) is 17.8 Å². The monoisotopic (exact) mass is 634 g/mol. The number of benzene rings is 1. The van der Waals surface area contributed by atoms with Gasteiger partial charge in [0.2, 0.25) is 11.8 Å². The molecule has 2 aliphatic carbocycles. The van der Waals surface area contributed by atoms with Crippen LogP contribution in [0.15, 0.2) is 28.3 Å². The maximum atomic E-state index is 13.6. The van der Waals surface area contributed by atoms with Crippen molar-refractivity contribution in [3.05, 3.63) is 33.8 Å². The van der Waals surface area contributed by atoms with Crippen LogP contribution in [0, 0.1) is 17.8 Å². The summed E-state index contributed by atoms with van der Waals surface area (Å²) in [5.74, 6) is -5.43. The normalized spacial score (nSPS) is 36.6. The van der Waals surface area contributed by atoms with Crippen LogP contribution in [0.3, 0.4) is 0 Å². The van der Waals surface area contributed by atoms with E-state index in [0.29, 0.717) is 10.0 Å². The zero-order valence-electron chi connectivity index (χ0n) is 17.6. The molecule has 34 heavy (non-hydrogen) atoms. The molecule has 1 aromatic rings. The Morgan fingerprint density at radius 3 is 2.53 bits per heavy atom. The van der Waals surface area contributed by atoms with E-state index in [-0.39, 0.29) is 41.3 Å². The van der Waals surface area contributed by atoms with Gasteiger partial charge in [-0.05, 0) is 30.9 Å². The number of phenolic OH excluding ortho intramolecular Hbond substituents is 1. The SMILES string of the molecule is COc1cc(Br)cc(C2C3=CCC4C(=O)NC(=O)C4C3CC3(Cl)C(=O)N(CBr)C(=O)C23Cl)c1O. The first-order valence-corrected chi connectivity index (χ1v) is 13.1. The molecule has 4 amide bonds. The molecular formula is C22H18Br2Cl2N2O6. The van der Waals surface area contributed by atoms with E-state index in [1.807, 2.05) is 0 Å². The fraction of sp³-hybridized carbons (Fsp3) is 0.455. The maximum absolute atomic E-state index is 13.6. The zero-order chi connectivity index (χ0) is 24.7. The second-order valence-corrected chi connectivity index (χ2v) is 11.5. The largest absolute Gasteiger partial charge is 0.504 e. The topological polar surface area (TPSA) is 113 Å². The number of phenols is 1. The van der Waals surface area contributed by atoms with Gasteiger partial charge in [0.25, 0.3) is 11.8 Å². The first-order valence-electron chi connectivity index (χ1n) is 10.4. The minimum Gasteiger partial charge on any atom is -0.504 e. The first-order chi connectivity index (χ1) is 16.0. The molecule has 180 valence electrons. The van der Waals surface area contributed by atoms with Gasteiger partial charge >= 0.3 is 0 Å². The van der Waals surface area contributed by atoms with E-state index in [9.17, 15) is 24.3 Å². The third-order valence-corrected chi connectivity index (χ3v) is 9.83. The number of rotatable bonds is 3. The fourth-order valence-electron chi connectivity index (χ4n) is 5.98. The van der Waals surface area contributed by atoms with E-state index in [1.54, 1.807) is 18.2 Å². The van der Waals surface area contributed by atoms with Crippen molar-refractivity contribution in [2.75, 3.05) is 12.6 Å². The number of halogens is 4. The van der Waals surface area contributed by atoms with Crippen LogP contribution >= 0.6 is 55.1 Å². The average Bonchev–Trinajstić information content (AvgIpc) is 3.16. The summed E-state index contributed by atoms with van der Waals surface area (Å²) in [6.07, 6.45) is 1.93. The number of aromatic hydroxyl groups is 1. The van der Waals surface area contributed by atoms with Gasteiger partial charge in [-0.3, -0.25) is 29.4 Å². The first kappa shape index (κ1) is 24.1. The molecule has 1 saturated carbocycles. The number of allylic oxidation sites excluding steroid dienone is 2. The lowest BCUT2D eigenvalue weighted by Crippen LogP contribution is -2.60. The van der Waals surface area contributed by atoms with Crippen molar-refractivity contribution in [3.63, 3.8) is 0 Å². The molecule has 0 spiro atoms. The van der Waals surface area contributed by atoms with Crippen molar-refractivity contribution in [2.45, 2.75) is 28.5 Å². The quantitative estimate of drug-likeness (QED) is 0.228. The molecule has 2 heterocycles. The van der Waals surface area contributed by atoms with Crippen molar-refractivity contribution in [3.8, 4) is 11.5 Å². The number of nitrogens with zero attached hydrogens (tertiary/aromatic N) is 1. The van der Waals surface area contributed by atoms with Gasteiger partial charge in [0.05, 0.1) is 24.4 Å². The van der Waals surface area contributed by atoms with Gasteiger partial charge in [-0.2, -0.15) is 0 Å². The van der Waals surface area contributed by atoms with Crippen LogP contribution in [0.5, 0.6) is 11.5 Å². The molecule has 3 fully saturated rings. The van der Waals surface area contributed by atoms with Crippen molar-refractivity contribution < 1.29 is 29.0 Å². The Hall–Kier alpha value is -1.62. The lowest BCUT2D eigenvalue weighted by Gasteiger charge is -2.50. The van der Waals surface area contributed by atoms with E-state index >= 15 is 0 Å². The molecule has 5 rings (SSSR count). The van der Waals surface area contributed by atoms with Crippen LogP contribution in [-0.4, -0.2) is 55.9 Å². The Morgan fingerprint density at radius 2 is 1.88 bits per heavy atom. The van der Waals surface area contributed by atoms with Gasteiger partial charge in [0.15, 0.2) is 21.2 Å². The fourth-order valence-corrected chi connectivity index (χ4v) is 7.85. The minimum absolute atomic E-state index is 0.109. The highest BCUT2D eigenvalue weighted by Gasteiger charge is 2.76. The number of hydrogen-bond donors (Lipinski definition) is 2. The van der Waals surface area contributed by atoms with Crippen LogP contribution in [0.4, 0.5) is 0 Å². The number of nitrogens with one attached hydrogen (secondary N) is 1. The standard InChI is InChI=1S/C22H18Br2Cl2N2O6/c1-34-13-5-8(24)4-11(16(13)29)15-9-2-3-10-14(18(31)27-17(10)30)12(9)6-21(25)19(32)28(7-23)20(33)22(15,21)26/h2,4-5,10,12,14-15,29H,3,6-7H2,1H3,(H,27,30,31). The molecule has 12 heteroatoms. The number of carbonyl (C=O) groups is 4. The molecule has 4 aliphatic rings. The number of methoxy groups -OCH3 is 1. The highest BCUT2D eigenvalue weighted by molar-refractivity contribution is 9.10. The Kier molecular flexibility index (Phi) is 5.63. The van der Waals surface area contributed by atoms with Crippen LogP contribution < -0.4 is 10.1 Å². The Balaban J connectivity index is 1.80. The average molecular weight is 637 g/mol. The number of amides is 4. The molecule has 1 aromatic carbocycles. The minimum atomic E-state index is -1.99. The van der Waals surface area contributed by atoms with Crippen molar-refractivity contribution in [1.29, 1.82) is 0 Å². The summed E-state index contributed by atoms with van der Waals surface area (Å²) >= 11 is 20.7. The number of fused-ring (bicyclic) bond motifs is 4. The summed E-state index contributed by atoms with van der Waals surface area (Å²) in [5.41, 5.74) is 0.691. The summed E-state index contributed by atoms with van der Waals surface area (Å²) in [7, 11) is 1.38. The van der Waals surface area contributed by atoms with E-state index in [0.717, 1.165) is 4.90 Å². The summed E-state index contributed by atoms with van der Waals surface area (Å²) in [4.78, 5) is 49.3. The van der Waals surface area contributed by atoms with Gasteiger partial charge in [-0.25, -0.2) is 0 Å². The zero-order valence-corrected chi connectivity index (χ0v) is 22.3. The third-order valence-electron chi connectivity index (χ3n) is 7.46. The number of hydrogen-bond acceptors (Lipinski definition) is 6. The maximum Gasteiger partial charge on any atom is 0.254 e. The molecule has 8 nitrogen and oxygen atoms in total. The number of carbonyl (C=O) groups excluding carboxylic acids is 4. The predicted molar refractivity (Wildman–Crippen MR) is 129 cm³/mol. The predicted octanol–water partition coefficient (Wildman–Crippen LogP) is 3.16. The van der Waals surface area contributed by atoms with Gasteiger partial charge in [-0.1, -0.05) is 43.5 Å². The molecule has 2 N–H and O–H groups in total. The number of likely N-dealkylation sites (tertiary alicyclic amines) is 1. The van der Waals surface area contributed by atoms with E-state index < -0.39 is 51.1 Å². The molecular weight excluding hydrogens is 619 g/mol. The highest BCUT2D eigenvalue weighted by atomic mass is 79.9. The van der Waals surface area contributed by atoms with Crippen molar-refractivity contribution >= 4 is 78.7 Å². The van der Waals surface area contributed by atoms with E-state index in [4.69, 9.17) is 27.9 Å². The smallest absolute Gasteiger partial charge is 0.254 e. The van der Waals surface area contributed by atoms with Crippen LogP contribution in [0.1, 0.15) is 24.3 Å². The Bertz CT molecular complexity index is 1210.